The number of rotatable bonds is 6. The molecular formula is C14H17N3O2S2. The number of carbonyl (C=O) groups is 2. The first-order valence-electron chi connectivity index (χ1n) is 6.63. The zero-order valence-corrected chi connectivity index (χ0v) is 13.5. The molecule has 0 aliphatic heterocycles. The minimum atomic E-state index is -0.215. The summed E-state index contributed by atoms with van der Waals surface area (Å²) in [6, 6.07) is 3.94. The fraction of sp³-hybridized carbons (Fsp3) is 0.357. The quantitative estimate of drug-likeness (QED) is 0.802. The minimum absolute atomic E-state index is 0.0158. The predicted octanol–water partition coefficient (Wildman–Crippen LogP) is 2.37. The Kier molecular flexibility index (Phi) is 5.46. The van der Waals surface area contributed by atoms with E-state index in [1.807, 2.05) is 31.4 Å². The van der Waals surface area contributed by atoms with Crippen molar-refractivity contribution in [3.05, 3.63) is 28.6 Å². The van der Waals surface area contributed by atoms with Crippen molar-refractivity contribution in [3.63, 3.8) is 0 Å². The molecule has 0 radical (unpaired) electrons. The number of thiazole rings is 1. The van der Waals surface area contributed by atoms with Crippen LogP contribution in [-0.2, 0) is 4.79 Å². The Morgan fingerprint density at radius 1 is 1.24 bits per heavy atom. The Balaban J connectivity index is 1.80. The van der Waals surface area contributed by atoms with Gasteiger partial charge in [-0.2, -0.15) is 0 Å². The molecule has 2 heterocycles. The van der Waals surface area contributed by atoms with Gasteiger partial charge in [0.05, 0.1) is 4.88 Å². The molecule has 0 spiro atoms. The highest BCUT2D eigenvalue weighted by Crippen LogP contribution is 2.27. The Morgan fingerprint density at radius 2 is 2.00 bits per heavy atom. The topological polar surface area (TPSA) is 71.1 Å². The molecule has 0 atom stereocenters. The van der Waals surface area contributed by atoms with Crippen molar-refractivity contribution in [2.45, 2.75) is 13.8 Å². The molecule has 5 nitrogen and oxygen atoms in total. The largest absolute Gasteiger partial charge is 0.354 e. The summed E-state index contributed by atoms with van der Waals surface area (Å²) in [4.78, 5) is 28.7. The van der Waals surface area contributed by atoms with Gasteiger partial charge in [-0.15, -0.1) is 22.7 Å². The van der Waals surface area contributed by atoms with Crippen molar-refractivity contribution in [2.24, 2.45) is 5.92 Å². The third-order valence-corrected chi connectivity index (χ3v) is 4.58. The summed E-state index contributed by atoms with van der Waals surface area (Å²) in [6.07, 6.45) is 0. The molecule has 2 aromatic rings. The van der Waals surface area contributed by atoms with Gasteiger partial charge in [0.1, 0.15) is 10.7 Å². The number of amides is 2. The maximum absolute atomic E-state index is 11.9. The molecule has 0 saturated heterocycles. The Morgan fingerprint density at radius 3 is 2.67 bits per heavy atom. The van der Waals surface area contributed by atoms with E-state index < -0.39 is 0 Å². The van der Waals surface area contributed by atoms with Crippen LogP contribution in [-0.4, -0.2) is 29.9 Å². The molecule has 0 aromatic carbocycles. The molecule has 0 unspecified atom stereocenters. The smallest absolute Gasteiger partial charge is 0.270 e. The van der Waals surface area contributed by atoms with Gasteiger partial charge >= 0.3 is 0 Å². The van der Waals surface area contributed by atoms with Crippen LogP contribution in [0.15, 0.2) is 22.9 Å². The second-order valence-electron chi connectivity index (χ2n) is 4.72. The number of carbonyl (C=O) groups excluding carboxylic acids is 2. The van der Waals surface area contributed by atoms with Crippen molar-refractivity contribution in [3.8, 4) is 9.88 Å². The van der Waals surface area contributed by atoms with E-state index in [1.165, 1.54) is 11.3 Å². The minimum Gasteiger partial charge on any atom is -0.354 e. The van der Waals surface area contributed by atoms with Gasteiger partial charge in [-0.25, -0.2) is 4.98 Å². The summed E-state index contributed by atoms with van der Waals surface area (Å²) < 4.78 is 0. The van der Waals surface area contributed by atoms with Crippen LogP contribution in [0.3, 0.4) is 0 Å². The second-order valence-corrected chi connectivity index (χ2v) is 6.52. The molecule has 2 amide bonds. The fourth-order valence-electron chi connectivity index (χ4n) is 1.55. The molecule has 0 aliphatic carbocycles. The monoisotopic (exact) mass is 323 g/mol. The van der Waals surface area contributed by atoms with Crippen LogP contribution in [0.4, 0.5) is 0 Å². The van der Waals surface area contributed by atoms with Crippen LogP contribution >= 0.6 is 22.7 Å². The third-order valence-electron chi connectivity index (χ3n) is 2.70. The normalized spacial score (nSPS) is 10.6. The number of aromatic nitrogens is 1. The maximum atomic E-state index is 11.9. The number of nitrogens with zero attached hydrogens (tertiary/aromatic N) is 1. The van der Waals surface area contributed by atoms with Gasteiger partial charge in [0, 0.05) is 24.4 Å². The van der Waals surface area contributed by atoms with E-state index in [-0.39, 0.29) is 17.7 Å². The van der Waals surface area contributed by atoms with Gasteiger partial charge in [0.25, 0.3) is 5.91 Å². The molecule has 0 aliphatic rings. The molecule has 0 saturated carbocycles. The van der Waals surface area contributed by atoms with E-state index in [4.69, 9.17) is 0 Å². The number of hydrogen-bond donors (Lipinski definition) is 2. The van der Waals surface area contributed by atoms with Crippen molar-refractivity contribution in [1.82, 2.24) is 15.6 Å². The molecule has 7 heteroatoms. The lowest BCUT2D eigenvalue weighted by Crippen LogP contribution is -2.36. The third kappa shape index (κ3) is 4.37. The highest BCUT2D eigenvalue weighted by atomic mass is 32.1. The summed E-state index contributed by atoms with van der Waals surface area (Å²) in [7, 11) is 0. The summed E-state index contributed by atoms with van der Waals surface area (Å²) in [6.45, 7) is 4.47. The number of nitrogens with one attached hydrogen (secondary N) is 2. The van der Waals surface area contributed by atoms with E-state index >= 15 is 0 Å². The van der Waals surface area contributed by atoms with E-state index in [0.717, 1.165) is 9.88 Å². The molecule has 112 valence electrons. The van der Waals surface area contributed by atoms with E-state index in [0.29, 0.717) is 18.8 Å². The van der Waals surface area contributed by atoms with Crippen molar-refractivity contribution < 1.29 is 9.59 Å². The maximum Gasteiger partial charge on any atom is 0.270 e. The first kappa shape index (κ1) is 15.7. The Labute approximate surface area is 131 Å². The molecule has 2 rings (SSSR count). The van der Waals surface area contributed by atoms with E-state index in [2.05, 4.69) is 15.6 Å². The molecular weight excluding hydrogens is 306 g/mol. The fourth-order valence-corrected chi connectivity index (χ4v) is 3.16. The zero-order valence-electron chi connectivity index (χ0n) is 11.9. The van der Waals surface area contributed by atoms with Gasteiger partial charge in [-0.1, -0.05) is 19.9 Å². The Hall–Kier alpha value is -1.73. The molecule has 0 bridgehead atoms. The number of hydrogen-bond acceptors (Lipinski definition) is 5. The van der Waals surface area contributed by atoms with Crippen molar-refractivity contribution >= 4 is 34.5 Å². The van der Waals surface area contributed by atoms with Crippen LogP contribution in [0.25, 0.3) is 9.88 Å². The predicted molar refractivity (Wildman–Crippen MR) is 85.6 cm³/mol. The molecule has 0 fully saturated rings. The summed E-state index contributed by atoms with van der Waals surface area (Å²) in [5, 5.41) is 10.1. The van der Waals surface area contributed by atoms with Gasteiger partial charge < -0.3 is 10.6 Å². The number of thiophene rings is 1. The lowest BCUT2D eigenvalue weighted by atomic mass is 10.2. The standard InChI is InChI=1S/C14H17N3O2S2/c1-9(2)12(18)15-5-6-16-13(19)10-8-21-14(17-10)11-4-3-7-20-11/h3-4,7-9H,5-6H2,1-2H3,(H,15,18)(H,16,19). The van der Waals surface area contributed by atoms with Crippen LogP contribution in [0, 0.1) is 5.92 Å². The first-order chi connectivity index (χ1) is 10.1. The summed E-state index contributed by atoms with van der Waals surface area (Å²) >= 11 is 3.05. The second kappa shape index (κ2) is 7.33. The molecule has 2 aromatic heterocycles. The Bertz CT molecular complexity index is 606. The van der Waals surface area contributed by atoms with Gasteiger partial charge in [-0.05, 0) is 11.4 Å². The summed E-state index contributed by atoms with van der Waals surface area (Å²) in [5.74, 6) is -0.279. The lowest BCUT2D eigenvalue weighted by molar-refractivity contribution is -0.123. The zero-order chi connectivity index (χ0) is 15.2. The van der Waals surface area contributed by atoms with Crippen LogP contribution in [0.1, 0.15) is 24.3 Å². The highest BCUT2D eigenvalue weighted by molar-refractivity contribution is 7.20. The van der Waals surface area contributed by atoms with Gasteiger partial charge in [0.2, 0.25) is 5.91 Å². The molecule has 2 N–H and O–H groups in total. The summed E-state index contributed by atoms with van der Waals surface area (Å²) in [5.41, 5.74) is 0.415. The first-order valence-corrected chi connectivity index (χ1v) is 8.39. The average Bonchev–Trinajstić information content (AvgIpc) is 3.12. The average molecular weight is 323 g/mol. The van der Waals surface area contributed by atoms with Gasteiger partial charge in [0.15, 0.2) is 0 Å². The van der Waals surface area contributed by atoms with Crippen molar-refractivity contribution in [2.75, 3.05) is 13.1 Å². The van der Waals surface area contributed by atoms with Crippen LogP contribution < -0.4 is 10.6 Å². The lowest BCUT2D eigenvalue weighted by Gasteiger charge is -2.07. The van der Waals surface area contributed by atoms with E-state index in [9.17, 15) is 9.59 Å². The molecule has 21 heavy (non-hydrogen) atoms. The van der Waals surface area contributed by atoms with E-state index in [1.54, 1.807) is 16.7 Å². The SMILES string of the molecule is CC(C)C(=O)NCCNC(=O)c1csc(-c2cccs2)n1. The van der Waals surface area contributed by atoms with Crippen LogP contribution in [0.2, 0.25) is 0 Å². The highest BCUT2D eigenvalue weighted by Gasteiger charge is 2.12. The van der Waals surface area contributed by atoms with Gasteiger partial charge in [-0.3, -0.25) is 9.59 Å². The van der Waals surface area contributed by atoms with Crippen LogP contribution in [0.5, 0.6) is 0 Å². The van der Waals surface area contributed by atoms with Crippen molar-refractivity contribution in [1.29, 1.82) is 0 Å².